The number of anilines is 2. The van der Waals surface area contributed by atoms with Crippen molar-refractivity contribution in [2.45, 2.75) is 19.8 Å². The molecule has 2 amide bonds. The Morgan fingerprint density at radius 3 is 2.08 bits per heavy atom. The Kier molecular flexibility index (Phi) is 8.37. The van der Waals surface area contributed by atoms with Gasteiger partial charge < -0.3 is 19.5 Å². The first-order valence-corrected chi connectivity index (χ1v) is 15.6. The molecule has 1 saturated heterocycles. The summed E-state index contributed by atoms with van der Waals surface area (Å²) >= 11 is 0. The molecule has 1 heterocycles. The predicted molar refractivity (Wildman–Crippen MR) is 179 cm³/mol. The van der Waals surface area contributed by atoms with Crippen LogP contribution in [0.5, 0.6) is 17.2 Å². The zero-order valence-electron chi connectivity index (χ0n) is 27.7. The van der Waals surface area contributed by atoms with Gasteiger partial charge in [0.1, 0.15) is 0 Å². The minimum atomic E-state index is -1.01. The molecule has 2 aromatic carbocycles. The van der Waals surface area contributed by atoms with Gasteiger partial charge in [-0.25, -0.2) is 4.90 Å². The Labute approximate surface area is 285 Å². The van der Waals surface area contributed by atoms with E-state index in [1.165, 1.54) is 46.2 Å². The van der Waals surface area contributed by atoms with Gasteiger partial charge in [0.2, 0.25) is 17.6 Å². The van der Waals surface area contributed by atoms with Crippen LogP contribution in [0.2, 0.25) is 0 Å². The molecule has 0 saturated carbocycles. The number of hydrogen-bond acceptors (Lipinski definition) is 12. The molecule has 0 spiro atoms. The number of hydrogen-bond donors (Lipinski definition) is 1. The zero-order chi connectivity index (χ0) is 36.3. The fourth-order valence-electron chi connectivity index (χ4n) is 7.59. The quantitative estimate of drug-likeness (QED) is 0.135. The number of nitrogens with zero attached hydrogens (tertiary/aromatic N) is 4. The Morgan fingerprint density at radius 2 is 1.54 bits per heavy atom. The maximum atomic E-state index is 14.3. The van der Waals surface area contributed by atoms with Gasteiger partial charge in [-0.15, -0.1) is 0 Å². The molecule has 258 valence electrons. The lowest BCUT2D eigenvalue weighted by Crippen LogP contribution is -2.40. The summed E-state index contributed by atoms with van der Waals surface area (Å²) in [5.74, 6) is -5.41. The molecule has 1 fully saturated rings. The van der Waals surface area contributed by atoms with E-state index < -0.39 is 56.7 Å². The number of imide groups is 1. The van der Waals surface area contributed by atoms with Gasteiger partial charge in [-0.2, -0.15) is 0 Å². The fraction of sp³-hybridized carbons (Fsp3) is 0.314. The predicted octanol–water partition coefficient (Wildman–Crippen LogP) is 4.47. The summed E-state index contributed by atoms with van der Waals surface area (Å²) in [6.07, 6.45) is 6.55. The van der Waals surface area contributed by atoms with E-state index >= 15 is 0 Å². The first-order valence-electron chi connectivity index (χ1n) is 15.6. The van der Waals surface area contributed by atoms with Crippen LogP contribution in [-0.4, -0.2) is 66.6 Å². The smallest absolute Gasteiger partial charge is 0.301 e. The van der Waals surface area contributed by atoms with Crippen molar-refractivity contribution in [3.05, 3.63) is 90.6 Å². The number of ether oxygens (including phenoxy) is 2. The number of benzene rings is 2. The van der Waals surface area contributed by atoms with Crippen molar-refractivity contribution < 1.29 is 43.6 Å². The van der Waals surface area contributed by atoms with E-state index in [4.69, 9.17) is 9.47 Å². The SMILES string of the molecule is COc1cc(C=CC2C3=CCC4C(=O)N(c5cc([N+](=O)[O-])c(N(C)C)c([N+](=O)[O-])c5)C(=O)C4C3CC3=C2C(=O)C=C(C)C3=O)cc(OC)c1O. The molecule has 1 aliphatic heterocycles. The number of aromatic hydroxyl groups is 1. The summed E-state index contributed by atoms with van der Waals surface area (Å²) in [4.78, 5) is 79.7. The van der Waals surface area contributed by atoms with Crippen molar-refractivity contribution in [1.82, 2.24) is 0 Å². The highest BCUT2D eigenvalue weighted by Crippen LogP contribution is 2.54. The van der Waals surface area contributed by atoms with E-state index in [0.717, 1.165) is 17.0 Å². The van der Waals surface area contributed by atoms with Gasteiger partial charge in [-0.3, -0.25) is 39.4 Å². The van der Waals surface area contributed by atoms with E-state index in [2.05, 4.69) is 0 Å². The second-order valence-corrected chi connectivity index (χ2v) is 12.7. The summed E-state index contributed by atoms with van der Waals surface area (Å²) in [7, 11) is 5.57. The Bertz CT molecular complexity index is 2000. The van der Waals surface area contributed by atoms with Gasteiger partial charge in [0.25, 0.3) is 0 Å². The van der Waals surface area contributed by atoms with E-state index in [0.29, 0.717) is 11.1 Å². The lowest BCUT2D eigenvalue weighted by molar-refractivity contribution is -0.392. The van der Waals surface area contributed by atoms with E-state index in [1.54, 1.807) is 30.4 Å². The largest absolute Gasteiger partial charge is 0.502 e. The molecule has 4 atom stereocenters. The molecule has 0 bridgehead atoms. The van der Waals surface area contributed by atoms with Crippen LogP contribution in [0.4, 0.5) is 22.7 Å². The molecular formula is C35H32N4O11. The van der Waals surface area contributed by atoms with Crippen molar-refractivity contribution in [3.63, 3.8) is 0 Å². The van der Waals surface area contributed by atoms with Crippen LogP contribution in [0.3, 0.4) is 0 Å². The third-order valence-corrected chi connectivity index (χ3v) is 9.75. The number of carbonyl (C=O) groups excluding carboxylic acids is 4. The molecule has 3 aliphatic carbocycles. The van der Waals surface area contributed by atoms with E-state index in [9.17, 15) is 44.5 Å². The number of nitro groups is 2. The highest BCUT2D eigenvalue weighted by molar-refractivity contribution is 6.25. The molecule has 1 N–H and O–H groups in total. The summed E-state index contributed by atoms with van der Waals surface area (Å²) in [5.41, 5.74) is 0.0199. The van der Waals surface area contributed by atoms with Gasteiger partial charge in [-0.1, -0.05) is 23.8 Å². The molecule has 4 unspecified atom stereocenters. The molecule has 15 nitrogen and oxygen atoms in total. The minimum Gasteiger partial charge on any atom is -0.502 e. The molecule has 0 radical (unpaired) electrons. The van der Waals surface area contributed by atoms with E-state index in [-0.39, 0.29) is 69.8 Å². The van der Waals surface area contributed by atoms with Crippen LogP contribution in [0.15, 0.2) is 64.8 Å². The number of nitro benzene ring substituents is 2. The van der Waals surface area contributed by atoms with Gasteiger partial charge in [0.15, 0.2) is 28.8 Å². The Balaban J connectivity index is 1.45. The fourth-order valence-corrected chi connectivity index (χ4v) is 7.59. The molecule has 4 aliphatic rings. The molecule has 15 heteroatoms. The van der Waals surface area contributed by atoms with Gasteiger partial charge in [0, 0.05) is 48.9 Å². The number of ketones is 2. The van der Waals surface area contributed by atoms with Crippen molar-refractivity contribution >= 4 is 52.2 Å². The molecule has 50 heavy (non-hydrogen) atoms. The summed E-state index contributed by atoms with van der Waals surface area (Å²) in [6.45, 7) is 1.53. The van der Waals surface area contributed by atoms with Crippen LogP contribution in [-0.2, 0) is 19.2 Å². The lowest BCUT2D eigenvalue weighted by Gasteiger charge is -2.41. The number of methoxy groups -OCH3 is 2. The maximum absolute atomic E-state index is 14.3. The van der Waals surface area contributed by atoms with Crippen LogP contribution >= 0.6 is 0 Å². The number of Topliss-reactive ketones (excluding diaryl/α,β-unsaturated/α-hetero) is 1. The number of allylic oxidation sites excluding steroid dienone is 7. The monoisotopic (exact) mass is 684 g/mol. The van der Waals surface area contributed by atoms with Gasteiger partial charge in [0.05, 0.1) is 41.6 Å². The van der Waals surface area contributed by atoms with Crippen molar-refractivity contribution in [1.29, 1.82) is 0 Å². The molecule has 6 rings (SSSR count). The third-order valence-electron chi connectivity index (χ3n) is 9.75. The molecule has 0 aromatic heterocycles. The van der Waals surface area contributed by atoms with Crippen molar-refractivity contribution in [3.8, 4) is 17.2 Å². The number of fused-ring (bicyclic) bond motifs is 3. The summed E-state index contributed by atoms with van der Waals surface area (Å²) in [5, 5.41) is 34.4. The first kappa shape index (κ1) is 33.8. The number of phenolic OH excluding ortho intramolecular Hbond substituents is 1. The van der Waals surface area contributed by atoms with Crippen LogP contribution in [0, 0.1) is 43.9 Å². The van der Waals surface area contributed by atoms with Crippen LogP contribution in [0.1, 0.15) is 25.3 Å². The number of phenols is 1. The summed E-state index contributed by atoms with van der Waals surface area (Å²) < 4.78 is 10.5. The average molecular weight is 685 g/mol. The van der Waals surface area contributed by atoms with Gasteiger partial charge in [-0.05, 0) is 49.5 Å². The summed E-state index contributed by atoms with van der Waals surface area (Å²) in [6, 6.07) is 5.08. The second kappa shape index (κ2) is 12.4. The Morgan fingerprint density at radius 1 is 0.940 bits per heavy atom. The first-order chi connectivity index (χ1) is 23.7. The topological polar surface area (TPSA) is 200 Å². The van der Waals surface area contributed by atoms with Gasteiger partial charge >= 0.3 is 11.4 Å². The molecular weight excluding hydrogens is 652 g/mol. The number of rotatable bonds is 8. The lowest BCUT2D eigenvalue weighted by atomic mass is 9.60. The van der Waals surface area contributed by atoms with Crippen molar-refractivity contribution in [2.24, 2.45) is 23.7 Å². The average Bonchev–Trinajstić information content (AvgIpc) is 3.34. The standard InChI is InChI=1S/C35H32N4O11/c1-16-10-26(40)29-20(7-6-17-11-27(49-4)33(42)28(12-17)50-5)19-8-9-21-30(22(19)15-23(29)32(16)41)35(44)37(34(21)43)18-13-24(38(45)46)31(36(2)3)25(14-18)39(47)48/h6-8,10-14,20-22,30,42H,9,15H2,1-5H3. The van der Waals surface area contributed by atoms with Crippen LogP contribution in [0.25, 0.3) is 6.08 Å². The molecule has 2 aromatic rings. The third kappa shape index (κ3) is 5.21. The maximum Gasteiger partial charge on any atom is 0.301 e. The van der Waals surface area contributed by atoms with E-state index in [1.807, 2.05) is 0 Å². The second-order valence-electron chi connectivity index (χ2n) is 12.7. The normalized spacial score (nSPS) is 22.9. The number of amides is 2. The Hall–Kier alpha value is -6.12. The zero-order valence-corrected chi connectivity index (χ0v) is 27.7. The highest BCUT2D eigenvalue weighted by atomic mass is 16.6. The van der Waals surface area contributed by atoms with Crippen LogP contribution < -0.4 is 19.3 Å². The minimum absolute atomic E-state index is 0.00396. The highest BCUT2D eigenvalue weighted by Gasteiger charge is 2.56. The van der Waals surface area contributed by atoms with Crippen molar-refractivity contribution in [2.75, 3.05) is 38.1 Å². The number of carbonyl (C=O) groups is 4.